The van der Waals surface area contributed by atoms with E-state index in [0.29, 0.717) is 11.1 Å². The van der Waals surface area contributed by atoms with E-state index in [1.165, 1.54) is 7.11 Å². The van der Waals surface area contributed by atoms with Crippen molar-refractivity contribution in [2.24, 2.45) is 5.92 Å². The van der Waals surface area contributed by atoms with Crippen molar-refractivity contribution in [2.45, 2.75) is 25.3 Å². The Kier molecular flexibility index (Phi) is 4.22. The van der Waals surface area contributed by atoms with Gasteiger partial charge < -0.3 is 15.2 Å². The first-order valence-corrected chi connectivity index (χ1v) is 9.00. The maximum absolute atomic E-state index is 12.1. The Bertz CT molecular complexity index is 963. The summed E-state index contributed by atoms with van der Waals surface area (Å²) in [6, 6.07) is 10.8. The fourth-order valence-electron chi connectivity index (χ4n) is 4.42. The van der Waals surface area contributed by atoms with Gasteiger partial charge in [-0.3, -0.25) is 0 Å². The van der Waals surface area contributed by atoms with Crippen molar-refractivity contribution in [1.29, 1.82) is 0 Å². The van der Waals surface area contributed by atoms with Gasteiger partial charge in [0.25, 0.3) is 0 Å². The van der Waals surface area contributed by atoms with E-state index in [4.69, 9.17) is 4.74 Å². The van der Waals surface area contributed by atoms with Crippen molar-refractivity contribution < 1.29 is 19.4 Å². The Balaban J connectivity index is 1.86. The third-order valence-corrected chi connectivity index (χ3v) is 5.73. The molecule has 0 bridgehead atoms. The molecule has 2 N–H and O–H groups in total. The lowest BCUT2D eigenvalue weighted by atomic mass is 9.75. The summed E-state index contributed by atoms with van der Waals surface area (Å²) in [6.45, 7) is 1.90. The molecule has 0 fully saturated rings. The van der Waals surface area contributed by atoms with Crippen LogP contribution >= 0.6 is 0 Å². The van der Waals surface area contributed by atoms with E-state index in [9.17, 15) is 14.7 Å². The Morgan fingerprint density at radius 1 is 1.11 bits per heavy atom. The molecule has 0 unspecified atom stereocenters. The fourth-order valence-corrected chi connectivity index (χ4v) is 4.42. The topological polar surface area (TPSA) is 75.6 Å². The molecule has 1 aliphatic heterocycles. The molecule has 2 aromatic rings. The van der Waals surface area contributed by atoms with Gasteiger partial charge in [0, 0.05) is 11.6 Å². The van der Waals surface area contributed by atoms with Crippen molar-refractivity contribution in [2.75, 3.05) is 12.4 Å². The minimum atomic E-state index is -0.930. The number of ether oxygens (including phenoxy) is 1. The average molecular weight is 363 g/mol. The number of carboxylic acid groups (broad SMARTS) is 1. The monoisotopic (exact) mass is 363 g/mol. The first-order valence-electron chi connectivity index (χ1n) is 9.00. The zero-order chi connectivity index (χ0) is 19.1. The fraction of sp³-hybridized carbons (Fsp3) is 0.273. The van der Waals surface area contributed by atoms with Crippen LogP contribution in [0.5, 0.6) is 0 Å². The molecule has 0 spiro atoms. The van der Waals surface area contributed by atoms with Gasteiger partial charge in [0.1, 0.15) is 0 Å². The lowest BCUT2D eigenvalue weighted by Crippen LogP contribution is -2.31. The van der Waals surface area contributed by atoms with Crippen LogP contribution in [-0.2, 0) is 4.74 Å². The Labute approximate surface area is 157 Å². The van der Waals surface area contributed by atoms with E-state index in [2.05, 4.69) is 17.5 Å². The van der Waals surface area contributed by atoms with Crippen molar-refractivity contribution in [3.63, 3.8) is 0 Å². The van der Waals surface area contributed by atoms with Crippen molar-refractivity contribution in [1.82, 2.24) is 0 Å². The molecule has 4 rings (SSSR count). The smallest absolute Gasteiger partial charge is 0.338 e. The molecule has 2 aromatic carbocycles. The van der Waals surface area contributed by atoms with Gasteiger partial charge in [0.15, 0.2) is 0 Å². The summed E-state index contributed by atoms with van der Waals surface area (Å²) in [7, 11) is 1.37. The van der Waals surface area contributed by atoms with Gasteiger partial charge in [-0.2, -0.15) is 0 Å². The number of aromatic carboxylic acids is 1. The Morgan fingerprint density at radius 3 is 2.63 bits per heavy atom. The first-order chi connectivity index (χ1) is 13.0. The largest absolute Gasteiger partial charge is 0.478 e. The molecule has 27 heavy (non-hydrogen) atoms. The van der Waals surface area contributed by atoms with E-state index in [1.54, 1.807) is 12.1 Å². The van der Waals surface area contributed by atoms with E-state index < -0.39 is 5.97 Å². The Morgan fingerprint density at radius 2 is 1.89 bits per heavy atom. The maximum Gasteiger partial charge on any atom is 0.338 e. The van der Waals surface area contributed by atoms with Crippen LogP contribution < -0.4 is 5.32 Å². The Hall–Kier alpha value is -3.08. The molecular weight excluding hydrogens is 342 g/mol. The van der Waals surface area contributed by atoms with E-state index in [1.807, 2.05) is 31.2 Å². The normalized spacial score (nSPS) is 22.5. The minimum Gasteiger partial charge on any atom is -0.478 e. The van der Waals surface area contributed by atoms with Gasteiger partial charge in [-0.25, -0.2) is 9.59 Å². The number of fused-ring (bicyclic) bond motifs is 3. The highest BCUT2D eigenvalue weighted by Crippen LogP contribution is 2.51. The van der Waals surface area contributed by atoms with Gasteiger partial charge in [0.05, 0.1) is 24.3 Å². The summed E-state index contributed by atoms with van der Waals surface area (Å²) in [5.41, 5.74) is 4.48. The number of hydrogen-bond acceptors (Lipinski definition) is 4. The molecule has 2 aliphatic rings. The minimum absolute atomic E-state index is 0.142. The van der Waals surface area contributed by atoms with Crippen LogP contribution in [0.25, 0.3) is 0 Å². The summed E-state index contributed by atoms with van der Waals surface area (Å²) >= 11 is 0. The number of esters is 1. The number of carbonyl (C=O) groups excluding carboxylic acids is 1. The molecule has 5 heteroatoms. The highest BCUT2D eigenvalue weighted by Gasteiger charge is 2.40. The number of benzene rings is 2. The zero-order valence-electron chi connectivity index (χ0n) is 15.2. The summed E-state index contributed by atoms with van der Waals surface area (Å²) in [4.78, 5) is 23.8. The van der Waals surface area contributed by atoms with E-state index in [0.717, 1.165) is 28.8 Å². The number of methoxy groups -OCH3 is 1. The van der Waals surface area contributed by atoms with E-state index >= 15 is 0 Å². The number of allylic oxidation sites excluding steroid dienone is 2. The molecule has 0 amide bonds. The quantitative estimate of drug-likeness (QED) is 0.628. The number of hydrogen-bond donors (Lipinski definition) is 2. The van der Waals surface area contributed by atoms with Gasteiger partial charge in [0.2, 0.25) is 0 Å². The summed E-state index contributed by atoms with van der Waals surface area (Å²) in [5, 5.41) is 13.2. The zero-order valence-corrected chi connectivity index (χ0v) is 15.2. The maximum atomic E-state index is 12.1. The lowest BCUT2D eigenvalue weighted by molar-refractivity contribution is 0.0599. The molecule has 5 nitrogen and oxygen atoms in total. The number of rotatable bonds is 3. The van der Waals surface area contributed by atoms with Gasteiger partial charge in [-0.15, -0.1) is 0 Å². The highest BCUT2D eigenvalue weighted by atomic mass is 16.5. The molecule has 0 aromatic heterocycles. The van der Waals surface area contributed by atoms with Crippen LogP contribution in [0.3, 0.4) is 0 Å². The van der Waals surface area contributed by atoms with Gasteiger partial charge in [-0.05, 0) is 48.1 Å². The van der Waals surface area contributed by atoms with Gasteiger partial charge >= 0.3 is 11.9 Å². The lowest BCUT2D eigenvalue weighted by Gasteiger charge is -2.39. The van der Waals surface area contributed by atoms with Crippen LogP contribution in [0, 0.1) is 12.8 Å². The van der Waals surface area contributed by atoms with Crippen LogP contribution in [0.15, 0.2) is 48.6 Å². The molecule has 1 heterocycles. The second-order valence-corrected chi connectivity index (χ2v) is 7.06. The standard InChI is InChI=1S/C22H21NO4/c1-12-13(22(26)27-2)10-11-17-14-8-5-9-15(14)20(23-19(12)17)16-6-3-4-7-18(16)21(24)25/h3-8,10-11,14-15,20,23H,9H2,1-2H3,(H,24,25)/t14-,15-,20+/m1/s1. The molecule has 0 saturated heterocycles. The second-order valence-electron chi connectivity index (χ2n) is 7.06. The second kappa shape index (κ2) is 6.58. The summed E-state index contributed by atoms with van der Waals surface area (Å²) in [6.07, 6.45) is 5.23. The molecule has 138 valence electrons. The average Bonchev–Trinajstić information content (AvgIpc) is 3.17. The van der Waals surface area contributed by atoms with Crippen molar-refractivity contribution in [3.8, 4) is 0 Å². The van der Waals surface area contributed by atoms with Crippen molar-refractivity contribution >= 4 is 17.6 Å². The number of carbonyl (C=O) groups is 2. The SMILES string of the molecule is COC(=O)c1ccc2c(c1C)N[C@H](c1ccccc1C(=O)O)[C@@H]1CC=C[C@@H]21. The van der Waals surface area contributed by atoms with Crippen LogP contribution in [0.2, 0.25) is 0 Å². The van der Waals surface area contributed by atoms with E-state index in [-0.39, 0.29) is 23.8 Å². The van der Waals surface area contributed by atoms with Crippen LogP contribution in [0.4, 0.5) is 5.69 Å². The number of nitrogens with one attached hydrogen (secondary N) is 1. The summed E-state index contributed by atoms with van der Waals surface area (Å²) < 4.78 is 4.90. The number of anilines is 1. The number of carboxylic acids is 1. The molecule has 0 radical (unpaired) electrons. The first kappa shape index (κ1) is 17.3. The van der Waals surface area contributed by atoms with Gasteiger partial charge in [-0.1, -0.05) is 36.4 Å². The molecule has 3 atom stereocenters. The van der Waals surface area contributed by atoms with Crippen LogP contribution in [0.1, 0.15) is 55.8 Å². The predicted octanol–water partition coefficient (Wildman–Crippen LogP) is 4.31. The third-order valence-electron chi connectivity index (χ3n) is 5.73. The summed E-state index contributed by atoms with van der Waals surface area (Å²) in [5.74, 6) is -0.871. The van der Waals surface area contributed by atoms with Crippen LogP contribution in [-0.4, -0.2) is 24.2 Å². The third kappa shape index (κ3) is 2.70. The predicted molar refractivity (Wildman–Crippen MR) is 102 cm³/mol. The highest BCUT2D eigenvalue weighted by molar-refractivity contribution is 5.94. The molecule has 1 aliphatic carbocycles. The molecule has 0 saturated carbocycles. The molecular formula is C22H21NO4. The van der Waals surface area contributed by atoms with Crippen molar-refractivity contribution in [3.05, 3.63) is 76.4 Å².